The molecule has 3 aromatic rings. The third kappa shape index (κ3) is 5.04. The Bertz CT molecular complexity index is 1040. The molecule has 0 unspecified atom stereocenters. The predicted octanol–water partition coefficient (Wildman–Crippen LogP) is 6.26. The Kier molecular flexibility index (Phi) is 6.65. The van der Waals surface area contributed by atoms with Gasteiger partial charge in [0, 0.05) is 5.56 Å². The lowest BCUT2D eigenvalue weighted by molar-refractivity contribution is -0.138. The number of benzene rings is 2. The Morgan fingerprint density at radius 3 is 2.38 bits per heavy atom. The molecule has 0 aliphatic carbocycles. The van der Waals surface area contributed by atoms with Gasteiger partial charge in [-0.05, 0) is 68.5 Å². The topological polar surface area (TPSA) is 42.2 Å². The summed E-state index contributed by atoms with van der Waals surface area (Å²) in [5.41, 5.74) is 2.24. The first kappa shape index (κ1) is 22.5. The number of aryl methyl sites for hydroxylation is 3. The van der Waals surface area contributed by atoms with Crippen molar-refractivity contribution in [3.63, 3.8) is 0 Å². The maximum atomic E-state index is 13.8. The average molecular weight is 444 g/mol. The van der Waals surface area contributed by atoms with Gasteiger partial charge in [-0.3, -0.25) is 4.90 Å². The summed E-state index contributed by atoms with van der Waals surface area (Å²) in [6.45, 7) is 3.06. The van der Waals surface area contributed by atoms with Crippen LogP contribution >= 0.6 is 0 Å². The molecule has 170 valence electrons. The highest BCUT2D eigenvalue weighted by Crippen LogP contribution is 2.36. The molecule has 0 spiro atoms. The normalized spacial score (nSPS) is 17.2. The third-order valence-corrected chi connectivity index (χ3v) is 6.17. The maximum Gasteiger partial charge on any atom is 0.416 e. The van der Waals surface area contributed by atoms with Crippen LogP contribution in [0, 0.1) is 0 Å². The molecule has 2 aromatic carbocycles. The highest BCUT2D eigenvalue weighted by molar-refractivity contribution is 5.57. The van der Waals surface area contributed by atoms with Crippen molar-refractivity contribution < 1.29 is 17.7 Å². The first-order valence-corrected chi connectivity index (χ1v) is 11.2. The van der Waals surface area contributed by atoms with Crippen LogP contribution < -0.4 is 0 Å². The van der Waals surface area contributed by atoms with Crippen LogP contribution in [0.2, 0.25) is 0 Å². The van der Waals surface area contributed by atoms with Gasteiger partial charge in [0.2, 0.25) is 11.7 Å². The van der Waals surface area contributed by atoms with E-state index >= 15 is 0 Å². The molecular weight excluding hydrogens is 415 g/mol. The molecule has 4 nitrogen and oxygen atoms in total. The molecule has 0 bridgehead atoms. The van der Waals surface area contributed by atoms with Gasteiger partial charge in [-0.25, -0.2) is 0 Å². The van der Waals surface area contributed by atoms with Gasteiger partial charge in [0.15, 0.2) is 0 Å². The SMILES string of the molecule is CCCc1ccc(CCc2ccc(-c3noc([C@@H]4CCCN4C)n3)cc2C(F)(F)F)cc1. The van der Waals surface area contributed by atoms with Gasteiger partial charge in [0.05, 0.1) is 11.6 Å². The quantitative estimate of drug-likeness (QED) is 0.432. The lowest BCUT2D eigenvalue weighted by atomic mass is 9.96. The highest BCUT2D eigenvalue weighted by Gasteiger charge is 2.34. The minimum absolute atomic E-state index is 0.0290. The first-order valence-electron chi connectivity index (χ1n) is 11.2. The molecule has 0 saturated carbocycles. The predicted molar refractivity (Wildman–Crippen MR) is 117 cm³/mol. The summed E-state index contributed by atoms with van der Waals surface area (Å²) in [5, 5.41) is 3.96. The molecule has 0 amide bonds. The van der Waals surface area contributed by atoms with E-state index in [4.69, 9.17) is 4.52 Å². The van der Waals surface area contributed by atoms with E-state index < -0.39 is 11.7 Å². The fraction of sp³-hybridized carbons (Fsp3) is 0.440. The van der Waals surface area contributed by atoms with Crippen LogP contribution in [0.5, 0.6) is 0 Å². The molecule has 0 radical (unpaired) electrons. The second kappa shape index (κ2) is 9.45. The van der Waals surface area contributed by atoms with Crippen molar-refractivity contribution in [1.29, 1.82) is 0 Å². The molecule has 1 aromatic heterocycles. The van der Waals surface area contributed by atoms with Gasteiger partial charge in [-0.1, -0.05) is 54.9 Å². The zero-order valence-electron chi connectivity index (χ0n) is 18.5. The highest BCUT2D eigenvalue weighted by atomic mass is 19.4. The number of likely N-dealkylation sites (tertiary alicyclic amines) is 1. The van der Waals surface area contributed by atoms with Crippen molar-refractivity contribution in [3.8, 4) is 11.4 Å². The molecular formula is C25H28F3N3O. The summed E-state index contributed by atoms with van der Waals surface area (Å²) in [6.07, 6.45) is 0.433. The lowest BCUT2D eigenvalue weighted by Gasteiger charge is -2.14. The van der Waals surface area contributed by atoms with Crippen LogP contribution in [-0.2, 0) is 25.4 Å². The van der Waals surface area contributed by atoms with E-state index in [1.165, 1.54) is 5.56 Å². The summed E-state index contributed by atoms with van der Waals surface area (Å²) in [5.74, 6) is 0.660. The standard InChI is InChI=1S/C25H28F3N3O/c1-3-5-17-7-9-18(10-8-17)11-12-19-13-14-20(16-21(19)25(26,27)28)23-29-24(32-30-23)22-6-4-15-31(22)2/h7-10,13-14,16,22H,3-6,11-12,15H2,1-2H3/t22-/m0/s1. The van der Waals surface area contributed by atoms with E-state index in [1.54, 1.807) is 12.1 Å². The second-order valence-corrected chi connectivity index (χ2v) is 8.53. The smallest absolute Gasteiger partial charge is 0.337 e. The second-order valence-electron chi connectivity index (χ2n) is 8.53. The molecule has 1 aliphatic rings. The minimum Gasteiger partial charge on any atom is -0.337 e. The Labute approximate surface area is 186 Å². The van der Waals surface area contributed by atoms with Crippen LogP contribution in [0.25, 0.3) is 11.4 Å². The lowest BCUT2D eigenvalue weighted by Crippen LogP contribution is -2.17. The van der Waals surface area contributed by atoms with E-state index in [1.807, 2.05) is 19.2 Å². The molecule has 2 heterocycles. The van der Waals surface area contributed by atoms with Crippen LogP contribution in [0.4, 0.5) is 13.2 Å². The zero-order chi connectivity index (χ0) is 22.7. The third-order valence-electron chi connectivity index (χ3n) is 6.17. The summed E-state index contributed by atoms with van der Waals surface area (Å²) in [7, 11) is 1.98. The Balaban J connectivity index is 1.54. The van der Waals surface area contributed by atoms with E-state index in [-0.39, 0.29) is 17.4 Å². The molecule has 1 atom stereocenters. The molecule has 1 saturated heterocycles. The summed E-state index contributed by atoms with van der Waals surface area (Å²) >= 11 is 0. The van der Waals surface area contributed by atoms with Crippen molar-refractivity contribution in [1.82, 2.24) is 15.0 Å². The van der Waals surface area contributed by atoms with Crippen LogP contribution in [0.3, 0.4) is 0 Å². The van der Waals surface area contributed by atoms with Crippen molar-refractivity contribution in [2.45, 2.75) is 57.7 Å². The van der Waals surface area contributed by atoms with Crippen molar-refractivity contribution in [2.24, 2.45) is 0 Å². The van der Waals surface area contributed by atoms with E-state index in [0.29, 0.717) is 24.3 Å². The summed E-state index contributed by atoms with van der Waals surface area (Å²) < 4.78 is 46.9. The van der Waals surface area contributed by atoms with Gasteiger partial charge in [0.25, 0.3) is 0 Å². The van der Waals surface area contributed by atoms with E-state index in [2.05, 4.69) is 34.1 Å². The number of hydrogen-bond donors (Lipinski definition) is 0. The first-order chi connectivity index (χ1) is 15.3. The number of nitrogens with zero attached hydrogens (tertiary/aromatic N) is 3. The molecule has 4 rings (SSSR count). The van der Waals surface area contributed by atoms with Crippen LogP contribution in [-0.4, -0.2) is 28.6 Å². The van der Waals surface area contributed by atoms with Gasteiger partial charge in [0.1, 0.15) is 0 Å². The minimum atomic E-state index is -4.45. The Morgan fingerprint density at radius 2 is 1.75 bits per heavy atom. The fourth-order valence-corrected chi connectivity index (χ4v) is 4.35. The largest absolute Gasteiger partial charge is 0.416 e. The number of alkyl halides is 3. The molecule has 7 heteroatoms. The van der Waals surface area contributed by atoms with Crippen molar-refractivity contribution in [2.75, 3.05) is 13.6 Å². The van der Waals surface area contributed by atoms with Gasteiger partial charge < -0.3 is 4.52 Å². The van der Waals surface area contributed by atoms with Gasteiger partial charge >= 0.3 is 6.18 Å². The molecule has 0 N–H and O–H groups in total. The maximum absolute atomic E-state index is 13.8. The zero-order valence-corrected chi connectivity index (χ0v) is 18.5. The number of rotatable bonds is 7. The number of hydrogen-bond acceptors (Lipinski definition) is 4. The summed E-state index contributed by atoms with van der Waals surface area (Å²) in [6, 6.07) is 12.5. The number of halogens is 3. The van der Waals surface area contributed by atoms with Crippen molar-refractivity contribution >= 4 is 0 Å². The van der Waals surface area contributed by atoms with Crippen molar-refractivity contribution in [3.05, 3.63) is 70.6 Å². The molecule has 1 aliphatic heterocycles. The number of aromatic nitrogens is 2. The average Bonchev–Trinajstić information content (AvgIpc) is 3.41. The molecule has 1 fully saturated rings. The monoisotopic (exact) mass is 443 g/mol. The van der Waals surface area contributed by atoms with Gasteiger partial charge in [-0.15, -0.1) is 0 Å². The van der Waals surface area contributed by atoms with Crippen LogP contribution in [0.1, 0.15) is 60.4 Å². The fourth-order valence-electron chi connectivity index (χ4n) is 4.35. The molecule has 32 heavy (non-hydrogen) atoms. The van der Waals surface area contributed by atoms with Gasteiger partial charge in [-0.2, -0.15) is 18.2 Å². The van der Waals surface area contributed by atoms with E-state index in [0.717, 1.165) is 43.9 Å². The Morgan fingerprint density at radius 1 is 1.03 bits per heavy atom. The van der Waals surface area contributed by atoms with E-state index in [9.17, 15) is 13.2 Å². The summed E-state index contributed by atoms with van der Waals surface area (Å²) in [4.78, 5) is 6.52. The Hall–Kier alpha value is -2.67. The van der Waals surface area contributed by atoms with Crippen LogP contribution in [0.15, 0.2) is 47.0 Å².